The van der Waals surface area contributed by atoms with Crippen molar-refractivity contribution < 1.29 is 4.79 Å². The van der Waals surface area contributed by atoms with Crippen LogP contribution >= 0.6 is 0 Å². The third-order valence-electron chi connectivity index (χ3n) is 3.82. The van der Waals surface area contributed by atoms with Crippen molar-refractivity contribution in [3.05, 3.63) is 71.5 Å². The van der Waals surface area contributed by atoms with Crippen molar-refractivity contribution in [3.63, 3.8) is 0 Å². The van der Waals surface area contributed by atoms with E-state index in [0.29, 0.717) is 12.5 Å². The van der Waals surface area contributed by atoms with Gasteiger partial charge in [0.15, 0.2) is 0 Å². The van der Waals surface area contributed by atoms with Crippen LogP contribution in [-0.4, -0.2) is 25.2 Å². The van der Waals surface area contributed by atoms with Crippen molar-refractivity contribution in [1.29, 1.82) is 5.41 Å². The van der Waals surface area contributed by atoms with Gasteiger partial charge in [0, 0.05) is 25.0 Å². The number of nitrogens with one attached hydrogen (secondary N) is 3. The Morgan fingerprint density at radius 1 is 1.22 bits per heavy atom. The zero-order chi connectivity index (χ0) is 20.7. The molecule has 0 aromatic rings. The molecule has 0 aromatic heterocycles. The summed E-state index contributed by atoms with van der Waals surface area (Å²) in [5.74, 6) is 0.179. The fourth-order valence-electron chi connectivity index (χ4n) is 2.44. The summed E-state index contributed by atoms with van der Waals surface area (Å²) >= 11 is 0. The largest absolute Gasteiger partial charge is 0.329 e. The molecule has 0 saturated carbocycles. The van der Waals surface area contributed by atoms with E-state index in [4.69, 9.17) is 5.41 Å². The number of rotatable bonds is 12. The molecule has 0 aliphatic heterocycles. The average Bonchev–Trinajstić information content (AvgIpc) is 2.65. The van der Waals surface area contributed by atoms with Crippen LogP contribution in [0.3, 0.4) is 0 Å². The van der Waals surface area contributed by atoms with E-state index in [2.05, 4.69) is 44.1 Å². The maximum absolute atomic E-state index is 12.0. The Morgan fingerprint density at radius 3 is 2.44 bits per heavy atom. The highest BCUT2D eigenvalue weighted by Crippen LogP contribution is 2.26. The minimum atomic E-state index is -0.207. The highest BCUT2D eigenvalue weighted by Gasteiger charge is 2.10. The lowest BCUT2D eigenvalue weighted by atomic mass is 9.90. The topological polar surface area (TPSA) is 65.0 Å². The predicted molar refractivity (Wildman–Crippen MR) is 118 cm³/mol. The molecular formula is C23H35N3O. The highest BCUT2D eigenvalue weighted by molar-refractivity contribution is 5.89. The van der Waals surface area contributed by atoms with E-state index in [1.165, 1.54) is 17.9 Å². The fourth-order valence-corrected chi connectivity index (χ4v) is 2.44. The van der Waals surface area contributed by atoms with Gasteiger partial charge in [-0.2, -0.15) is 0 Å². The van der Waals surface area contributed by atoms with Gasteiger partial charge < -0.3 is 16.0 Å². The molecule has 0 saturated heterocycles. The molecule has 0 unspecified atom stereocenters. The van der Waals surface area contributed by atoms with E-state index in [9.17, 15) is 4.79 Å². The van der Waals surface area contributed by atoms with Crippen molar-refractivity contribution >= 4 is 12.1 Å². The van der Waals surface area contributed by atoms with E-state index in [-0.39, 0.29) is 5.91 Å². The molecule has 1 amide bonds. The van der Waals surface area contributed by atoms with Gasteiger partial charge in [-0.05, 0) is 48.1 Å². The Hall–Kier alpha value is -2.46. The Kier molecular flexibility index (Phi) is 13.3. The smallest absolute Gasteiger partial charge is 0.247 e. The summed E-state index contributed by atoms with van der Waals surface area (Å²) in [6.07, 6.45) is 14.8. The van der Waals surface area contributed by atoms with Crippen molar-refractivity contribution in [3.8, 4) is 0 Å². The van der Waals surface area contributed by atoms with Gasteiger partial charge in [-0.3, -0.25) is 4.79 Å². The van der Waals surface area contributed by atoms with E-state index in [1.807, 2.05) is 19.9 Å². The summed E-state index contributed by atoms with van der Waals surface area (Å²) in [6.45, 7) is 15.7. The molecule has 4 heteroatoms. The highest BCUT2D eigenvalue weighted by atomic mass is 16.1. The normalized spacial score (nSPS) is 14.0. The van der Waals surface area contributed by atoms with Crippen molar-refractivity contribution in [2.24, 2.45) is 5.92 Å². The standard InChI is InChI=1S/C23H35N3O/c1-7-11-21(18(4)5)22(12-8-2)19(6)16-26-23(27)14-10-13-20(15-24)17-25-9-3/h8,10-16,18,24-25H,2,7,9,17H2,1,3-6H3,(H,26,27)/b14-10+,19-16+,20-13+,21-11+,22-12+,24-15?. The van der Waals surface area contributed by atoms with Gasteiger partial charge in [0.2, 0.25) is 5.91 Å². The summed E-state index contributed by atoms with van der Waals surface area (Å²) in [7, 11) is 0. The monoisotopic (exact) mass is 369 g/mol. The quantitative estimate of drug-likeness (QED) is 0.261. The Bertz CT molecular complexity index is 647. The molecule has 0 radical (unpaired) electrons. The van der Waals surface area contributed by atoms with Crippen LogP contribution in [0.15, 0.2) is 71.5 Å². The molecule has 27 heavy (non-hydrogen) atoms. The number of carbonyl (C=O) groups excluding carboxylic acids is 1. The lowest BCUT2D eigenvalue weighted by Crippen LogP contribution is -2.16. The SMILES string of the molecule is C=C/C=C(C(\C)=C\NC(=O)/C=C/C=C(\C=N)CNCC)/C(=C/CC)C(C)C. The number of allylic oxidation sites excluding steroid dienone is 8. The molecular weight excluding hydrogens is 334 g/mol. The minimum absolute atomic E-state index is 0.207. The van der Waals surface area contributed by atoms with Gasteiger partial charge in [0.05, 0.1) is 0 Å². The van der Waals surface area contributed by atoms with E-state index in [1.54, 1.807) is 24.4 Å². The van der Waals surface area contributed by atoms with Crippen molar-refractivity contribution in [2.75, 3.05) is 13.1 Å². The third kappa shape index (κ3) is 10.3. The second kappa shape index (κ2) is 14.7. The lowest BCUT2D eigenvalue weighted by Gasteiger charge is -2.16. The summed E-state index contributed by atoms with van der Waals surface area (Å²) in [5, 5.41) is 13.3. The average molecular weight is 370 g/mol. The number of likely N-dealkylation sites (N-methyl/N-ethyl adjacent to an activating group) is 1. The van der Waals surface area contributed by atoms with Crippen LogP contribution < -0.4 is 10.6 Å². The van der Waals surface area contributed by atoms with E-state index in [0.717, 1.165) is 29.7 Å². The molecule has 0 spiro atoms. The maximum Gasteiger partial charge on any atom is 0.247 e. The molecule has 0 atom stereocenters. The van der Waals surface area contributed by atoms with Gasteiger partial charge in [-0.15, -0.1) is 0 Å². The third-order valence-corrected chi connectivity index (χ3v) is 3.82. The second-order valence-corrected chi connectivity index (χ2v) is 6.40. The van der Waals surface area contributed by atoms with Gasteiger partial charge in [0.1, 0.15) is 0 Å². The predicted octanol–water partition coefficient (Wildman–Crippen LogP) is 4.85. The number of carbonyl (C=O) groups is 1. The van der Waals surface area contributed by atoms with E-state index < -0.39 is 0 Å². The van der Waals surface area contributed by atoms with Crippen molar-refractivity contribution in [2.45, 2.75) is 41.0 Å². The number of hydrogen-bond acceptors (Lipinski definition) is 3. The Balaban J connectivity index is 5.16. The van der Waals surface area contributed by atoms with Gasteiger partial charge in [-0.25, -0.2) is 0 Å². The number of amides is 1. The van der Waals surface area contributed by atoms with Gasteiger partial charge >= 0.3 is 0 Å². The van der Waals surface area contributed by atoms with Crippen LogP contribution in [0.2, 0.25) is 0 Å². The van der Waals surface area contributed by atoms with E-state index >= 15 is 0 Å². The number of hydrogen-bond donors (Lipinski definition) is 3. The van der Waals surface area contributed by atoms with Crippen LogP contribution in [0.1, 0.15) is 41.0 Å². The maximum atomic E-state index is 12.0. The van der Waals surface area contributed by atoms with Crippen LogP contribution in [0, 0.1) is 11.3 Å². The Labute approximate surface area is 165 Å². The van der Waals surface area contributed by atoms with Crippen LogP contribution in [0.25, 0.3) is 0 Å². The van der Waals surface area contributed by atoms with Crippen LogP contribution in [0.5, 0.6) is 0 Å². The zero-order valence-electron chi connectivity index (χ0n) is 17.4. The molecule has 0 bridgehead atoms. The molecule has 0 fully saturated rings. The first-order valence-electron chi connectivity index (χ1n) is 9.50. The van der Waals surface area contributed by atoms with Gasteiger partial charge in [0.25, 0.3) is 0 Å². The molecule has 4 nitrogen and oxygen atoms in total. The molecule has 0 rings (SSSR count). The molecule has 0 aliphatic rings. The van der Waals surface area contributed by atoms with Crippen LogP contribution in [-0.2, 0) is 4.79 Å². The Morgan fingerprint density at radius 2 is 1.93 bits per heavy atom. The molecule has 0 aliphatic carbocycles. The summed E-state index contributed by atoms with van der Waals surface area (Å²) in [4.78, 5) is 12.0. The first kappa shape index (κ1) is 24.5. The summed E-state index contributed by atoms with van der Waals surface area (Å²) in [5.41, 5.74) is 4.13. The lowest BCUT2D eigenvalue weighted by molar-refractivity contribution is -0.115. The van der Waals surface area contributed by atoms with Gasteiger partial charge in [-0.1, -0.05) is 64.7 Å². The zero-order valence-corrected chi connectivity index (χ0v) is 17.4. The molecule has 148 valence electrons. The molecule has 3 N–H and O–H groups in total. The first-order valence-corrected chi connectivity index (χ1v) is 9.50. The fraction of sp³-hybridized carbons (Fsp3) is 0.391. The summed E-state index contributed by atoms with van der Waals surface area (Å²) < 4.78 is 0. The molecule has 0 heterocycles. The second-order valence-electron chi connectivity index (χ2n) is 6.40. The minimum Gasteiger partial charge on any atom is -0.329 e. The molecule has 0 aromatic carbocycles. The van der Waals surface area contributed by atoms with Crippen molar-refractivity contribution in [1.82, 2.24) is 10.6 Å². The first-order chi connectivity index (χ1) is 12.9. The summed E-state index contributed by atoms with van der Waals surface area (Å²) in [6, 6.07) is 0. The van der Waals surface area contributed by atoms with Crippen LogP contribution in [0.4, 0.5) is 0 Å².